The molecule has 0 aliphatic heterocycles. The Morgan fingerprint density at radius 3 is 2.37 bits per heavy atom. The van der Waals surface area contributed by atoms with Crippen molar-refractivity contribution in [3.8, 4) is 11.5 Å². The molecule has 0 aliphatic carbocycles. The van der Waals surface area contributed by atoms with Crippen molar-refractivity contribution in [3.63, 3.8) is 0 Å². The van der Waals surface area contributed by atoms with E-state index in [2.05, 4.69) is 4.98 Å². The number of benzene rings is 2. The molecule has 2 aromatic carbocycles. The van der Waals surface area contributed by atoms with E-state index in [4.69, 9.17) is 9.47 Å². The second kappa shape index (κ2) is 11.6. The van der Waals surface area contributed by atoms with Crippen molar-refractivity contribution < 1.29 is 14.3 Å². The van der Waals surface area contributed by atoms with E-state index >= 15 is 0 Å². The van der Waals surface area contributed by atoms with Crippen molar-refractivity contribution >= 4 is 5.91 Å². The first-order valence-electron chi connectivity index (χ1n) is 10.2. The van der Waals surface area contributed by atoms with Gasteiger partial charge < -0.3 is 14.4 Å². The van der Waals surface area contributed by atoms with Crippen LogP contribution in [0.25, 0.3) is 0 Å². The second-order valence-corrected chi connectivity index (χ2v) is 7.00. The van der Waals surface area contributed by atoms with Gasteiger partial charge >= 0.3 is 0 Å². The second-order valence-electron chi connectivity index (χ2n) is 7.00. The topological polar surface area (TPSA) is 51.7 Å². The lowest BCUT2D eigenvalue weighted by atomic mass is 10.1. The monoisotopic (exact) mass is 404 g/mol. The van der Waals surface area contributed by atoms with Crippen LogP contribution in [0.1, 0.15) is 24.1 Å². The third-order valence-corrected chi connectivity index (χ3v) is 4.80. The van der Waals surface area contributed by atoms with Crippen LogP contribution in [0.2, 0.25) is 0 Å². The molecule has 0 atom stereocenters. The zero-order valence-electron chi connectivity index (χ0n) is 17.4. The van der Waals surface area contributed by atoms with E-state index in [1.807, 2.05) is 77.7 Å². The van der Waals surface area contributed by atoms with Gasteiger partial charge in [-0.3, -0.25) is 9.78 Å². The summed E-state index contributed by atoms with van der Waals surface area (Å²) in [6, 6.07) is 23.4. The number of hydrogen-bond donors (Lipinski definition) is 0. The maximum Gasteiger partial charge on any atom is 0.223 e. The number of methoxy groups -OCH3 is 1. The number of pyridine rings is 1. The molecule has 5 heteroatoms. The van der Waals surface area contributed by atoms with Crippen LogP contribution >= 0.6 is 0 Å². The van der Waals surface area contributed by atoms with Gasteiger partial charge in [0.05, 0.1) is 13.7 Å². The molecule has 0 unspecified atom stereocenters. The smallest absolute Gasteiger partial charge is 0.223 e. The molecular formula is C25H28N2O3. The number of carbonyl (C=O) groups excluding carboxylic acids is 1. The van der Waals surface area contributed by atoms with Crippen LogP contribution in [0.4, 0.5) is 0 Å². The molecule has 3 rings (SSSR count). The molecule has 156 valence electrons. The molecule has 0 saturated heterocycles. The summed E-state index contributed by atoms with van der Waals surface area (Å²) in [5.74, 6) is 1.70. The fourth-order valence-corrected chi connectivity index (χ4v) is 3.13. The van der Waals surface area contributed by atoms with Crippen LogP contribution in [-0.4, -0.2) is 36.1 Å². The Morgan fingerprint density at radius 1 is 0.933 bits per heavy atom. The number of hydrogen-bond acceptors (Lipinski definition) is 4. The van der Waals surface area contributed by atoms with Crippen LogP contribution in [-0.2, 0) is 17.8 Å². The summed E-state index contributed by atoms with van der Waals surface area (Å²) >= 11 is 0. The highest BCUT2D eigenvalue weighted by molar-refractivity contribution is 5.76. The van der Waals surface area contributed by atoms with Gasteiger partial charge in [0.2, 0.25) is 5.91 Å². The van der Waals surface area contributed by atoms with E-state index in [0.717, 1.165) is 29.2 Å². The first-order valence-corrected chi connectivity index (χ1v) is 10.2. The third kappa shape index (κ3) is 6.92. The van der Waals surface area contributed by atoms with Gasteiger partial charge in [0.1, 0.15) is 11.5 Å². The Labute approximate surface area is 178 Å². The van der Waals surface area contributed by atoms with Crippen molar-refractivity contribution in [2.24, 2.45) is 0 Å². The lowest BCUT2D eigenvalue weighted by Gasteiger charge is -2.23. The number of aromatic nitrogens is 1. The predicted molar refractivity (Wildman–Crippen MR) is 118 cm³/mol. The van der Waals surface area contributed by atoms with E-state index in [9.17, 15) is 4.79 Å². The minimum atomic E-state index is 0.133. The maximum absolute atomic E-state index is 12.9. The molecule has 3 aromatic rings. The molecule has 0 bridgehead atoms. The van der Waals surface area contributed by atoms with Crippen LogP contribution in [0.5, 0.6) is 11.5 Å². The Hall–Kier alpha value is -3.34. The normalized spacial score (nSPS) is 10.4. The summed E-state index contributed by atoms with van der Waals surface area (Å²) in [4.78, 5) is 19.2. The highest BCUT2D eigenvalue weighted by Gasteiger charge is 2.14. The predicted octanol–water partition coefficient (Wildman–Crippen LogP) is 4.52. The average Bonchev–Trinajstić information content (AvgIpc) is 2.81. The standard InChI is InChI=1S/C25H28N2O3/c1-29-23-12-14-24(15-13-23)30-19-7-11-25(28)27(20-21-8-3-2-4-9-21)18-16-22-10-5-6-17-26-22/h2-6,8-10,12-15,17H,7,11,16,18-20H2,1H3. The maximum atomic E-state index is 12.9. The fraction of sp³-hybridized carbons (Fsp3) is 0.280. The summed E-state index contributed by atoms with van der Waals surface area (Å²) in [5, 5.41) is 0. The Balaban J connectivity index is 1.51. The Kier molecular flexibility index (Phi) is 8.27. The van der Waals surface area contributed by atoms with Gasteiger partial charge in [-0.1, -0.05) is 36.4 Å². The molecule has 1 aromatic heterocycles. The van der Waals surface area contributed by atoms with E-state index in [0.29, 0.717) is 32.5 Å². The van der Waals surface area contributed by atoms with Gasteiger partial charge in [-0.05, 0) is 48.4 Å². The van der Waals surface area contributed by atoms with E-state index < -0.39 is 0 Å². The number of amides is 1. The molecule has 0 radical (unpaired) electrons. The first kappa shape index (κ1) is 21.4. The van der Waals surface area contributed by atoms with Crippen molar-refractivity contribution in [2.45, 2.75) is 25.8 Å². The number of rotatable bonds is 11. The van der Waals surface area contributed by atoms with E-state index in [1.165, 1.54) is 0 Å². The highest BCUT2D eigenvalue weighted by Crippen LogP contribution is 2.17. The Bertz CT molecular complexity index is 883. The van der Waals surface area contributed by atoms with Gasteiger partial charge in [0, 0.05) is 37.8 Å². The first-order chi connectivity index (χ1) is 14.7. The fourth-order valence-electron chi connectivity index (χ4n) is 3.13. The van der Waals surface area contributed by atoms with Crippen LogP contribution in [0, 0.1) is 0 Å². The van der Waals surface area contributed by atoms with Gasteiger partial charge in [-0.25, -0.2) is 0 Å². The van der Waals surface area contributed by atoms with Gasteiger partial charge in [0.15, 0.2) is 0 Å². The molecule has 30 heavy (non-hydrogen) atoms. The summed E-state index contributed by atoms with van der Waals surface area (Å²) in [5.41, 5.74) is 2.12. The number of ether oxygens (including phenoxy) is 2. The summed E-state index contributed by atoms with van der Waals surface area (Å²) in [6.45, 7) is 1.74. The van der Waals surface area contributed by atoms with Gasteiger partial charge in [-0.2, -0.15) is 0 Å². The summed E-state index contributed by atoms with van der Waals surface area (Å²) < 4.78 is 10.9. The quantitative estimate of drug-likeness (QED) is 0.441. The molecule has 0 saturated carbocycles. The minimum Gasteiger partial charge on any atom is -0.497 e. The minimum absolute atomic E-state index is 0.133. The van der Waals surface area contributed by atoms with Crippen molar-refractivity contribution in [3.05, 3.63) is 90.3 Å². The molecule has 0 aliphatic rings. The highest BCUT2D eigenvalue weighted by atomic mass is 16.5. The number of nitrogens with zero attached hydrogens (tertiary/aromatic N) is 2. The summed E-state index contributed by atoms with van der Waals surface area (Å²) in [6.07, 6.45) is 3.64. The molecule has 0 N–H and O–H groups in total. The summed E-state index contributed by atoms with van der Waals surface area (Å²) in [7, 11) is 1.64. The Morgan fingerprint density at radius 2 is 1.67 bits per heavy atom. The van der Waals surface area contributed by atoms with Crippen molar-refractivity contribution in [1.82, 2.24) is 9.88 Å². The van der Waals surface area contributed by atoms with Crippen LogP contribution in [0.3, 0.4) is 0 Å². The molecule has 0 fully saturated rings. The third-order valence-electron chi connectivity index (χ3n) is 4.80. The molecule has 5 nitrogen and oxygen atoms in total. The van der Waals surface area contributed by atoms with Crippen LogP contribution < -0.4 is 9.47 Å². The van der Waals surface area contributed by atoms with Crippen LogP contribution in [0.15, 0.2) is 79.0 Å². The lowest BCUT2D eigenvalue weighted by molar-refractivity contribution is -0.132. The van der Waals surface area contributed by atoms with Crippen molar-refractivity contribution in [2.75, 3.05) is 20.3 Å². The molecule has 1 amide bonds. The zero-order valence-corrected chi connectivity index (χ0v) is 17.4. The van der Waals surface area contributed by atoms with Crippen molar-refractivity contribution in [1.29, 1.82) is 0 Å². The van der Waals surface area contributed by atoms with E-state index in [1.54, 1.807) is 13.3 Å². The number of carbonyl (C=O) groups is 1. The largest absolute Gasteiger partial charge is 0.497 e. The van der Waals surface area contributed by atoms with Gasteiger partial charge in [0.25, 0.3) is 0 Å². The molecular weight excluding hydrogens is 376 g/mol. The SMILES string of the molecule is COc1ccc(OCCCC(=O)N(CCc2ccccn2)Cc2ccccc2)cc1. The van der Waals surface area contributed by atoms with E-state index in [-0.39, 0.29) is 5.91 Å². The molecule has 1 heterocycles. The zero-order chi connectivity index (χ0) is 21.0. The van der Waals surface area contributed by atoms with Gasteiger partial charge in [-0.15, -0.1) is 0 Å². The average molecular weight is 405 g/mol. The molecule has 0 spiro atoms. The lowest BCUT2D eigenvalue weighted by Crippen LogP contribution is -2.32.